The van der Waals surface area contributed by atoms with Crippen LogP contribution in [0.4, 0.5) is 0 Å². The quantitative estimate of drug-likeness (QED) is 0.196. The van der Waals surface area contributed by atoms with E-state index in [4.69, 9.17) is 9.98 Å². The molecular weight excluding hydrogens is 629 g/mol. The van der Waals surface area contributed by atoms with E-state index >= 15 is 0 Å². The van der Waals surface area contributed by atoms with Crippen molar-refractivity contribution in [2.24, 2.45) is 9.98 Å². The highest BCUT2D eigenvalue weighted by atomic mass is 32.1. The number of hydrogen-bond acceptors (Lipinski definition) is 4. The van der Waals surface area contributed by atoms with Crippen molar-refractivity contribution < 1.29 is 0 Å². The van der Waals surface area contributed by atoms with Gasteiger partial charge >= 0.3 is 0 Å². The Labute approximate surface area is 293 Å². The number of para-hydroxylation sites is 2. The van der Waals surface area contributed by atoms with Crippen LogP contribution < -0.4 is 5.32 Å². The number of nitrogens with one attached hydrogen (secondary N) is 1. The lowest BCUT2D eigenvalue weighted by molar-refractivity contribution is 0.674. The molecule has 5 heteroatoms. The standard InChI is InChI=1S/C45H30N4S/c1-4-13-29(14-5-1)43-46-44(30-15-6-2-7-16-30)48-45(47-43)38-21-12-20-37-36-26-24-32(28-41(36)50-42(37)38)31-23-25-35-34-19-10-11-22-39(34)49(40(35)27-31)33-17-8-3-9-18-33/h1-28,43H,(H,46,47,48). The van der Waals surface area contributed by atoms with Gasteiger partial charge in [-0.25, -0.2) is 9.98 Å². The zero-order valence-electron chi connectivity index (χ0n) is 27.0. The van der Waals surface area contributed by atoms with Gasteiger partial charge in [-0.3, -0.25) is 0 Å². The molecule has 7 aromatic carbocycles. The highest BCUT2D eigenvalue weighted by Gasteiger charge is 2.23. The monoisotopic (exact) mass is 658 g/mol. The van der Waals surface area contributed by atoms with Crippen molar-refractivity contribution in [3.8, 4) is 16.8 Å². The largest absolute Gasteiger partial charge is 0.344 e. The molecule has 4 nitrogen and oxygen atoms in total. The fraction of sp³-hybridized carbons (Fsp3) is 0.0222. The van der Waals surface area contributed by atoms with Gasteiger partial charge in [0.05, 0.1) is 11.0 Å². The molecule has 0 fully saturated rings. The lowest BCUT2D eigenvalue weighted by atomic mass is 10.0. The van der Waals surface area contributed by atoms with Crippen LogP contribution in [0.5, 0.6) is 0 Å². The number of aromatic nitrogens is 1. The van der Waals surface area contributed by atoms with Gasteiger partial charge in [0.15, 0.2) is 5.84 Å². The van der Waals surface area contributed by atoms with Gasteiger partial charge in [-0.05, 0) is 53.1 Å². The number of aliphatic imine (C=N–C) groups is 2. The topological polar surface area (TPSA) is 41.7 Å². The Balaban J connectivity index is 1.11. The second-order valence-corrected chi connectivity index (χ2v) is 13.7. The molecule has 10 rings (SSSR count). The Morgan fingerprint density at radius 1 is 0.520 bits per heavy atom. The Bertz CT molecular complexity index is 2780. The van der Waals surface area contributed by atoms with Gasteiger partial charge in [0.25, 0.3) is 0 Å². The van der Waals surface area contributed by atoms with E-state index in [1.54, 1.807) is 0 Å². The number of thiophene rings is 1. The van der Waals surface area contributed by atoms with Crippen molar-refractivity contribution in [3.05, 3.63) is 187 Å². The van der Waals surface area contributed by atoms with Crippen LogP contribution >= 0.6 is 11.3 Å². The first-order chi connectivity index (χ1) is 24.8. The maximum Gasteiger partial charge on any atom is 0.160 e. The first-order valence-corrected chi connectivity index (χ1v) is 17.7. The van der Waals surface area contributed by atoms with Gasteiger partial charge < -0.3 is 9.88 Å². The third-order valence-electron chi connectivity index (χ3n) is 9.67. The van der Waals surface area contributed by atoms with Gasteiger partial charge in [0.2, 0.25) is 0 Å². The molecule has 0 aliphatic carbocycles. The van der Waals surface area contributed by atoms with E-state index in [2.05, 4.69) is 155 Å². The van der Waals surface area contributed by atoms with E-state index in [0.717, 1.165) is 34.0 Å². The fourth-order valence-electron chi connectivity index (χ4n) is 7.28. The van der Waals surface area contributed by atoms with Gasteiger partial charge in [-0.2, -0.15) is 0 Å². The minimum absolute atomic E-state index is 0.239. The van der Waals surface area contributed by atoms with Gasteiger partial charge in [-0.1, -0.05) is 133 Å². The van der Waals surface area contributed by atoms with E-state index in [1.165, 1.54) is 53.1 Å². The predicted octanol–water partition coefficient (Wildman–Crippen LogP) is 11.3. The van der Waals surface area contributed by atoms with Crippen LogP contribution in [0.15, 0.2) is 180 Å². The molecular formula is C45H30N4S. The summed E-state index contributed by atoms with van der Waals surface area (Å²) in [4.78, 5) is 10.3. The van der Waals surface area contributed by atoms with E-state index in [9.17, 15) is 0 Å². The molecule has 0 saturated carbocycles. The van der Waals surface area contributed by atoms with E-state index in [-0.39, 0.29) is 6.17 Å². The SMILES string of the molecule is c1ccc(C2=NC(c3cccc4c3sc3cc(-c5ccc6c7ccccc7n(-c7ccccc7)c6c5)ccc34)=NC(c3ccccc3)N2)cc1. The molecule has 1 atom stereocenters. The van der Waals surface area contributed by atoms with Crippen molar-refractivity contribution in [2.45, 2.75) is 6.17 Å². The maximum absolute atomic E-state index is 5.19. The summed E-state index contributed by atoms with van der Waals surface area (Å²) in [5.74, 6) is 1.57. The van der Waals surface area contributed by atoms with Crippen LogP contribution in [0.3, 0.4) is 0 Å². The van der Waals surface area contributed by atoms with E-state index in [1.807, 2.05) is 35.6 Å². The lowest BCUT2D eigenvalue weighted by Crippen LogP contribution is -2.33. The molecule has 0 radical (unpaired) electrons. The summed E-state index contributed by atoms with van der Waals surface area (Å²) < 4.78 is 4.82. The fourth-order valence-corrected chi connectivity index (χ4v) is 8.53. The number of benzene rings is 7. The molecule has 1 N–H and O–H groups in total. The van der Waals surface area contributed by atoms with Crippen molar-refractivity contribution in [1.82, 2.24) is 9.88 Å². The molecule has 0 spiro atoms. The van der Waals surface area contributed by atoms with Crippen molar-refractivity contribution in [2.75, 3.05) is 0 Å². The Morgan fingerprint density at radius 2 is 1.18 bits per heavy atom. The van der Waals surface area contributed by atoms with Gasteiger partial charge in [-0.15, -0.1) is 11.3 Å². The predicted molar refractivity (Wildman–Crippen MR) is 211 cm³/mol. The number of nitrogens with zero attached hydrogens (tertiary/aromatic N) is 3. The molecule has 1 aliphatic rings. The van der Waals surface area contributed by atoms with E-state index in [0.29, 0.717) is 0 Å². The Kier molecular flexibility index (Phi) is 6.71. The highest BCUT2D eigenvalue weighted by molar-refractivity contribution is 7.26. The average Bonchev–Trinajstić information content (AvgIpc) is 3.74. The molecule has 3 heterocycles. The van der Waals surface area contributed by atoms with Crippen LogP contribution in [0.25, 0.3) is 58.8 Å². The van der Waals surface area contributed by atoms with Crippen molar-refractivity contribution >= 4 is 65.0 Å². The molecule has 0 bridgehead atoms. The third-order valence-corrected chi connectivity index (χ3v) is 10.9. The Morgan fingerprint density at radius 3 is 2.00 bits per heavy atom. The molecule has 1 aliphatic heterocycles. The number of fused-ring (bicyclic) bond motifs is 6. The van der Waals surface area contributed by atoms with Crippen LogP contribution in [-0.4, -0.2) is 16.2 Å². The smallest absolute Gasteiger partial charge is 0.160 e. The molecule has 2 aromatic heterocycles. The van der Waals surface area contributed by atoms with Crippen molar-refractivity contribution in [3.63, 3.8) is 0 Å². The van der Waals surface area contributed by atoms with Crippen molar-refractivity contribution in [1.29, 1.82) is 0 Å². The molecule has 0 saturated heterocycles. The number of amidine groups is 2. The summed E-state index contributed by atoms with van der Waals surface area (Å²) in [6, 6.07) is 60.3. The number of rotatable bonds is 5. The summed E-state index contributed by atoms with van der Waals surface area (Å²) in [7, 11) is 0. The minimum Gasteiger partial charge on any atom is -0.344 e. The second-order valence-electron chi connectivity index (χ2n) is 12.7. The molecule has 0 amide bonds. The maximum atomic E-state index is 5.19. The van der Waals surface area contributed by atoms with Gasteiger partial charge in [0.1, 0.15) is 12.0 Å². The van der Waals surface area contributed by atoms with Crippen LogP contribution in [0.2, 0.25) is 0 Å². The first kappa shape index (κ1) is 28.7. The molecule has 50 heavy (non-hydrogen) atoms. The van der Waals surface area contributed by atoms with E-state index < -0.39 is 0 Å². The summed E-state index contributed by atoms with van der Waals surface area (Å²) in [5, 5.41) is 8.58. The first-order valence-electron chi connectivity index (χ1n) is 16.9. The number of hydrogen-bond donors (Lipinski definition) is 1. The molecule has 236 valence electrons. The zero-order valence-corrected chi connectivity index (χ0v) is 27.8. The summed E-state index contributed by atoms with van der Waals surface area (Å²) >= 11 is 1.82. The van der Waals surface area contributed by atoms with Crippen LogP contribution in [0.1, 0.15) is 22.9 Å². The summed E-state index contributed by atoms with van der Waals surface area (Å²) in [6.07, 6.45) is -0.239. The summed E-state index contributed by atoms with van der Waals surface area (Å²) in [5.41, 5.74) is 9.17. The Hall–Kier alpha value is -6.30. The van der Waals surface area contributed by atoms with Crippen LogP contribution in [-0.2, 0) is 0 Å². The third kappa shape index (κ3) is 4.74. The lowest BCUT2D eigenvalue weighted by Gasteiger charge is -2.23. The molecule has 1 unspecified atom stereocenters. The minimum atomic E-state index is -0.239. The average molecular weight is 659 g/mol. The van der Waals surface area contributed by atoms with Gasteiger partial charge in [0, 0.05) is 47.8 Å². The second kappa shape index (κ2) is 11.7. The highest BCUT2D eigenvalue weighted by Crippen LogP contribution is 2.40. The zero-order chi connectivity index (χ0) is 33.0. The normalized spacial score (nSPS) is 14.6. The van der Waals surface area contributed by atoms with Crippen LogP contribution in [0, 0.1) is 0 Å². The summed E-state index contributed by atoms with van der Waals surface area (Å²) in [6.45, 7) is 0. The molecule has 9 aromatic rings.